The molecule has 3 aromatic rings. The van der Waals surface area contributed by atoms with E-state index < -0.39 is 14.6 Å². The summed E-state index contributed by atoms with van der Waals surface area (Å²) in [6, 6.07) is 15.4. The Morgan fingerprint density at radius 2 is 1.68 bits per heavy atom. The molecule has 0 saturated carbocycles. The SMILES string of the molecule is CC(C)(C(=O)N1CCOCC1)S(=O)(=O)c1ccc(N2CCCC2)c(-c2cc3ccccc3[nH]2)c1. The maximum atomic E-state index is 13.8. The number of anilines is 1. The van der Waals surface area contributed by atoms with Crippen LogP contribution in [0.25, 0.3) is 22.2 Å². The van der Waals surface area contributed by atoms with E-state index in [2.05, 4.69) is 16.0 Å². The van der Waals surface area contributed by atoms with Crippen molar-refractivity contribution in [1.82, 2.24) is 9.88 Å². The second-order valence-corrected chi connectivity index (χ2v) is 12.1. The summed E-state index contributed by atoms with van der Waals surface area (Å²) >= 11 is 0. The zero-order valence-corrected chi connectivity index (χ0v) is 20.5. The molecule has 1 N–H and O–H groups in total. The van der Waals surface area contributed by atoms with Crippen molar-refractivity contribution < 1.29 is 17.9 Å². The highest BCUT2D eigenvalue weighted by atomic mass is 32.2. The van der Waals surface area contributed by atoms with Crippen molar-refractivity contribution in [2.45, 2.75) is 36.3 Å². The highest BCUT2D eigenvalue weighted by Crippen LogP contribution is 2.38. The van der Waals surface area contributed by atoms with Gasteiger partial charge in [0.15, 0.2) is 9.84 Å². The molecule has 0 aliphatic carbocycles. The van der Waals surface area contributed by atoms with Gasteiger partial charge in [0, 0.05) is 54.0 Å². The highest BCUT2D eigenvalue weighted by molar-refractivity contribution is 7.93. The normalized spacial score (nSPS) is 17.5. The van der Waals surface area contributed by atoms with Gasteiger partial charge in [0.2, 0.25) is 5.91 Å². The fraction of sp³-hybridized carbons (Fsp3) is 0.423. The summed E-state index contributed by atoms with van der Waals surface area (Å²) in [5.41, 5.74) is 3.73. The van der Waals surface area contributed by atoms with E-state index in [9.17, 15) is 13.2 Å². The van der Waals surface area contributed by atoms with E-state index in [0.29, 0.717) is 26.3 Å². The van der Waals surface area contributed by atoms with E-state index in [-0.39, 0.29) is 10.8 Å². The van der Waals surface area contributed by atoms with Crippen molar-refractivity contribution in [1.29, 1.82) is 0 Å². The van der Waals surface area contributed by atoms with Gasteiger partial charge in [-0.3, -0.25) is 4.79 Å². The molecule has 34 heavy (non-hydrogen) atoms. The van der Waals surface area contributed by atoms with Gasteiger partial charge in [-0.25, -0.2) is 8.42 Å². The Hall–Kier alpha value is -2.84. The number of H-pyrrole nitrogens is 1. The molecule has 7 nitrogen and oxygen atoms in total. The van der Waals surface area contributed by atoms with Crippen LogP contribution in [0.2, 0.25) is 0 Å². The zero-order valence-electron chi connectivity index (χ0n) is 19.7. The number of amides is 1. The Morgan fingerprint density at radius 3 is 2.38 bits per heavy atom. The lowest BCUT2D eigenvalue weighted by Crippen LogP contribution is -2.53. The molecule has 0 atom stereocenters. The minimum absolute atomic E-state index is 0.163. The first-order valence-electron chi connectivity index (χ1n) is 11.9. The van der Waals surface area contributed by atoms with E-state index in [0.717, 1.165) is 53.8 Å². The number of nitrogens with one attached hydrogen (secondary N) is 1. The van der Waals surface area contributed by atoms with E-state index in [1.54, 1.807) is 17.0 Å². The standard InChI is InChI=1S/C26H31N3O4S/c1-26(2,25(30)29-13-15-33-16-14-29)34(31,32)20-9-10-24(28-11-5-6-12-28)21(18-20)23-17-19-7-3-4-8-22(19)27-23/h3-4,7-10,17-18,27H,5-6,11-16H2,1-2H3. The van der Waals surface area contributed by atoms with Gasteiger partial charge >= 0.3 is 0 Å². The second-order valence-electron chi connectivity index (χ2n) is 9.56. The number of sulfone groups is 1. The van der Waals surface area contributed by atoms with Crippen molar-refractivity contribution in [3.63, 3.8) is 0 Å². The molecular weight excluding hydrogens is 450 g/mol. The van der Waals surface area contributed by atoms with Gasteiger partial charge in [0.25, 0.3) is 0 Å². The van der Waals surface area contributed by atoms with E-state index in [1.165, 1.54) is 13.8 Å². The number of aromatic nitrogens is 1. The molecule has 0 bridgehead atoms. The Balaban J connectivity index is 1.59. The number of carbonyl (C=O) groups is 1. The Bertz CT molecular complexity index is 1280. The van der Waals surface area contributed by atoms with Gasteiger partial charge in [-0.05, 0) is 57.0 Å². The summed E-state index contributed by atoms with van der Waals surface area (Å²) < 4.78 is 31.4. The molecule has 3 heterocycles. The molecule has 2 aliphatic heterocycles. The van der Waals surface area contributed by atoms with E-state index in [4.69, 9.17) is 4.74 Å². The molecule has 5 rings (SSSR count). The smallest absolute Gasteiger partial charge is 0.244 e. The molecule has 0 unspecified atom stereocenters. The van der Waals surface area contributed by atoms with Crippen LogP contribution in [0.5, 0.6) is 0 Å². The molecule has 0 radical (unpaired) electrons. The van der Waals surface area contributed by atoms with Crippen molar-refractivity contribution in [2.75, 3.05) is 44.3 Å². The van der Waals surface area contributed by atoms with Gasteiger partial charge in [0.1, 0.15) is 4.75 Å². The number of fused-ring (bicyclic) bond motifs is 1. The number of hydrogen-bond donors (Lipinski definition) is 1. The number of rotatable bonds is 5. The topological polar surface area (TPSA) is 82.7 Å². The molecule has 180 valence electrons. The molecule has 8 heteroatoms. The highest BCUT2D eigenvalue weighted by Gasteiger charge is 2.45. The first kappa shape index (κ1) is 22.9. The second kappa shape index (κ2) is 8.74. The summed E-state index contributed by atoms with van der Waals surface area (Å²) in [5.74, 6) is -0.383. The van der Waals surface area contributed by atoms with Crippen LogP contribution in [-0.4, -0.2) is 68.3 Å². The average Bonchev–Trinajstić information content (AvgIpc) is 3.53. The van der Waals surface area contributed by atoms with Gasteiger partial charge in [-0.1, -0.05) is 18.2 Å². The van der Waals surface area contributed by atoms with Crippen LogP contribution in [-0.2, 0) is 19.4 Å². The lowest BCUT2D eigenvalue weighted by atomic mass is 10.1. The minimum Gasteiger partial charge on any atom is -0.378 e. The third-order valence-electron chi connectivity index (χ3n) is 7.03. The van der Waals surface area contributed by atoms with Crippen LogP contribution in [0.1, 0.15) is 26.7 Å². The fourth-order valence-corrected chi connectivity index (χ4v) is 6.38. The Kier molecular flexibility index (Phi) is 5.90. The number of nitrogens with zero attached hydrogens (tertiary/aromatic N) is 2. The van der Waals surface area contributed by atoms with Crippen molar-refractivity contribution in [3.05, 3.63) is 48.5 Å². The first-order chi connectivity index (χ1) is 16.3. The Morgan fingerprint density at radius 1 is 0.971 bits per heavy atom. The van der Waals surface area contributed by atoms with Crippen LogP contribution in [0.3, 0.4) is 0 Å². The quantitative estimate of drug-likeness (QED) is 0.599. The zero-order chi connectivity index (χ0) is 23.9. The largest absolute Gasteiger partial charge is 0.378 e. The molecule has 2 aliphatic rings. The molecule has 1 amide bonds. The van der Waals surface area contributed by atoms with E-state index in [1.807, 2.05) is 30.3 Å². The predicted octanol–water partition coefficient (Wildman–Crippen LogP) is 3.85. The third kappa shape index (κ3) is 3.88. The van der Waals surface area contributed by atoms with Gasteiger partial charge in [0.05, 0.1) is 18.1 Å². The lowest BCUT2D eigenvalue weighted by molar-refractivity contribution is -0.137. The van der Waals surface area contributed by atoms with Crippen LogP contribution in [0, 0.1) is 0 Å². The van der Waals surface area contributed by atoms with Crippen LogP contribution >= 0.6 is 0 Å². The van der Waals surface area contributed by atoms with Gasteiger partial charge in [-0.15, -0.1) is 0 Å². The molecule has 1 aromatic heterocycles. The molecule has 0 spiro atoms. The number of para-hydroxylation sites is 1. The summed E-state index contributed by atoms with van der Waals surface area (Å²) in [6.45, 7) is 6.58. The average molecular weight is 482 g/mol. The monoisotopic (exact) mass is 481 g/mol. The van der Waals surface area contributed by atoms with Crippen molar-refractivity contribution in [2.24, 2.45) is 0 Å². The first-order valence-corrected chi connectivity index (χ1v) is 13.4. The summed E-state index contributed by atoms with van der Waals surface area (Å²) in [5, 5.41) is 1.07. The van der Waals surface area contributed by atoms with Gasteiger partial charge < -0.3 is 19.5 Å². The molecular formula is C26H31N3O4S. The van der Waals surface area contributed by atoms with Gasteiger partial charge in [-0.2, -0.15) is 0 Å². The number of ether oxygens (including phenoxy) is 1. The minimum atomic E-state index is -3.95. The number of benzene rings is 2. The molecule has 2 aromatic carbocycles. The summed E-state index contributed by atoms with van der Waals surface area (Å²) in [4.78, 5) is 20.8. The number of carbonyl (C=O) groups excluding carboxylic acids is 1. The van der Waals surface area contributed by atoms with Crippen LogP contribution < -0.4 is 4.90 Å². The third-order valence-corrected chi connectivity index (χ3v) is 9.42. The number of morpholine rings is 1. The number of hydrogen-bond acceptors (Lipinski definition) is 5. The summed E-state index contributed by atoms with van der Waals surface area (Å²) in [6.07, 6.45) is 2.24. The van der Waals surface area contributed by atoms with Crippen molar-refractivity contribution >= 4 is 32.3 Å². The summed E-state index contributed by atoms with van der Waals surface area (Å²) in [7, 11) is -3.95. The van der Waals surface area contributed by atoms with E-state index >= 15 is 0 Å². The lowest BCUT2D eigenvalue weighted by Gasteiger charge is -2.34. The predicted molar refractivity (Wildman–Crippen MR) is 134 cm³/mol. The maximum Gasteiger partial charge on any atom is 0.244 e. The van der Waals surface area contributed by atoms with Crippen molar-refractivity contribution in [3.8, 4) is 11.3 Å². The van der Waals surface area contributed by atoms with Crippen LogP contribution in [0.4, 0.5) is 5.69 Å². The molecule has 2 fully saturated rings. The van der Waals surface area contributed by atoms with Crippen LogP contribution in [0.15, 0.2) is 53.4 Å². The fourth-order valence-electron chi connectivity index (χ4n) is 4.91. The number of aromatic amines is 1. The maximum absolute atomic E-state index is 13.8. The molecule has 2 saturated heterocycles. The Labute approximate surface area is 200 Å².